The Morgan fingerprint density at radius 1 is 1.07 bits per heavy atom. The highest BCUT2D eigenvalue weighted by Crippen LogP contribution is 2.27. The Morgan fingerprint density at radius 2 is 1.75 bits per heavy atom. The van der Waals surface area contributed by atoms with Crippen molar-refractivity contribution in [3.05, 3.63) is 59.2 Å². The number of urea groups is 1. The van der Waals surface area contributed by atoms with E-state index in [1.54, 1.807) is 7.11 Å². The van der Waals surface area contributed by atoms with E-state index in [0.717, 1.165) is 49.7 Å². The van der Waals surface area contributed by atoms with Crippen LogP contribution >= 0.6 is 0 Å². The molecule has 28 heavy (non-hydrogen) atoms. The van der Waals surface area contributed by atoms with Crippen LogP contribution in [0.4, 0.5) is 10.5 Å². The van der Waals surface area contributed by atoms with Gasteiger partial charge in [0.1, 0.15) is 5.75 Å². The van der Waals surface area contributed by atoms with Crippen LogP contribution in [0.15, 0.2) is 42.5 Å². The highest BCUT2D eigenvalue weighted by atomic mass is 16.5. The van der Waals surface area contributed by atoms with Crippen molar-refractivity contribution >= 4 is 11.7 Å². The van der Waals surface area contributed by atoms with Crippen LogP contribution in [-0.2, 0) is 6.54 Å². The molecule has 0 saturated carbocycles. The third kappa shape index (κ3) is 4.84. The molecule has 2 aromatic rings. The summed E-state index contributed by atoms with van der Waals surface area (Å²) < 4.78 is 5.22. The molecular weight excluding hydrogens is 350 g/mol. The van der Waals surface area contributed by atoms with Crippen molar-refractivity contribution in [2.24, 2.45) is 0 Å². The quantitative estimate of drug-likeness (QED) is 0.831. The van der Waals surface area contributed by atoms with Crippen molar-refractivity contribution in [3.8, 4) is 5.75 Å². The third-order valence-electron chi connectivity index (χ3n) is 5.38. The molecular formula is C23H31N3O2. The van der Waals surface area contributed by atoms with Gasteiger partial charge in [-0.15, -0.1) is 0 Å². The summed E-state index contributed by atoms with van der Waals surface area (Å²) in [5, 5.41) is 3.16. The number of para-hydroxylation sites is 1. The summed E-state index contributed by atoms with van der Waals surface area (Å²) in [7, 11) is 1.68. The molecule has 0 atom stereocenters. The number of aryl methyl sites for hydroxylation is 1. The highest BCUT2D eigenvalue weighted by molar-refractivity contribution is 5.91. The van der Waals surface area contributed by atoms with Crippen LogP contribution in [0.25, 0.3) is 0 Å². The lowest BCUT2D eigenvalue weighted by atomic mass is 9.98. The maximum Gasteiger partial charge on any atom is 0.321 e. The predicted octanol–water partition coefficient (Wildman–Crippen LogP) is 4.48. The Hall–Kier alpha value is -2.53. The number of methoxy groups -OCH3 is 1. The van der Waals surface area contributed by atoms with Crippen molar-refractivity contribution in [1.82, 2.24) is 9.80 Å². The van der Waals surface area contributed by atoms with Gasteiger partial charge in [0.25, 0.3) is 0 Å². The first kappa shape index (κ1) is 20.2. The molecule has 1 aliphatic heterocycles. The highest BCUT2D eigenvalue weighted by Gasteiger charge is 2.22. The average molecular weight is 382 g/mol. The van der Waals surface area contributed by atoms with Gasteiger partial charge in [-0.05, 0) is 41.7 Å². The fourth-order valence-electron chi connectivity index (χ4n) is 3.63. The number of hydrogen-bond acceptors (Lipinski definition) is 3. The number of piperazine rings is 1. The van der Waals surface area contributed by atoms with Gasteiger partial charge in [-0.2, -0.15) is 0 Å². The molecule has 2 aromatic carbocycles. The maximum atomic E-state index is 12.8. The topological polar surface area (TPSA) is 44.8 Å². The van der Waals surface area contributed by atoms with E-state index in [1.165, 1.54) is 11.1 Å². The fraction of sp³-hybridized carbons (Fsp3) is 0.435. The van der Waals surface area contributed by atoms with E-state index in [0.29, 0.717) is 5.92 Å². The molecule has 1 N–H and O–H groups in total. The largest absolute Gasteiger partial charge is 0.497 e. The van der Waals surface area contributed by atoms with Gasteiger partial charge in [0.05, 0.1) is 7.11 Å². The number of nitrogens with zero attached hydrogens (tertiary/aromatic N) is 2. The molecule has 1 saturated heterocycles. The van der Waals surface area contributed by atoms with Gasteiger partial charge in [-0.25, -0.2) is 4.79 Å². The molecule has 1 heterocycles. The summed E-state index contributed by atoms with van der Waals surface area (Å²) in [5.74, 6) is 1.25. The second kappa shape index (κ2) is 9.11. The zero-order valence-corrected chi connectivity index (χ0v) is 17.4. The van der Waals surface area contributed by atoms with Crippen molar-refractivity contribution in [1.29, 1.82) is 0 Å². The molecule has 1 aliphatic rings. The zero-order valence-electron chi connectivity index (χ0n) is 17.4. The molecule has 0 spiro atoms. The lowest BCUT2D eigenvalue weighted by Crippen LogP contribution is -2.49. The van der Waals surface area contributed by atoms with Crippen molar-refractivity contribution in [3.63, 3.8) is 0 Å². The van der Waals surface area contributed by atoms with Crippen LogP contribution in [0.1, 0.15) is 36.5 Å². The minimum absolute atomic E-state index is 0.000275. The van der Waals surface area contributed by atoms with Crippen LogP contribution in [0.5, 0.6) is 5.75 Å². The number of hydrogen-bond donors (Lipinski definition) is 1. The first-order valence-electron chi connectivity index (χ1n) is 9.98. The number of carbonyl (C=O) groups excluding carboxylic acids is 1. The van der Waals surface area contributed by atoms with Gasteiger partial charge < -0.3 is 15.0 Å². The number of carbonyl (C=O) groups is 1. The first-order chi connectivity index (χ1) is 13.5. The minimum Gasteiger partial charge on any atom is -0.497 e. The summed E-state index contributed by atoms with van der Waals surface area (Å²) in [4.78, 5) is 17.1. The van der Waals surface area contributed by atoms with E-state index in [9.17, 15) is 4.79 Å². The number of benzene rings is 2. The van der Waals surface area contributed by atoms with E-state index in [1.807, 2.05) is 30.0 Å². The fourth-order valence-corrected chi connectivity index (χ4v) is 3.63. The van der Waals surface area contributed by atoms with Gasteiger partial charge in [-0.3, -0.25) is 4.90 Å². The molecule has 5 nitrogen and oxygen atoms in total. The lowest BCUT2D eigenvalue weighted by molar-refractivity contribution is 0.143. The normalized spacial score (nSPS) is 15.0. The number of anilines is 1. The van der Waals surface area contributed by atoms with E-state index < -0.39 is 0 Å². The second-order valence-corrected chi connectivity index (χ2v) is 7.74. The average Bonchev–Trinajstić information content (AvgIpc) is 2.70. The number of nitrogens with one attached hydrogen (secondary N) is 1. The zero-order chi connectivity index (χ0) is 20.1. The van der Waals surface area contributed by atoms with Gasteiger partial charge in [0, 0.05) is 38.4 Å². The third-order valence-corrected chi connectivity index (χ3v) is 5.38. The maximum absolute atomic E-state index is 12.8. The molecule has 5 heteroatoms. The summed E-state index contributed by atoms with van der Waals surface area (Å²) in [6.07, 6.45) is 0. The Labute approximate surface area is 168 Å². The number of rotatable bonds is 5. The Morgan fingerprint density at radius 3 is 2.36 bits per heavy atom. The monoisotopic (exact) mass is 381 g/mol. The Kier molecular flexibility index (Phi) is 6.57. The van der Waals surface area contributed by atoms with Gasteiger partial charge in [0.15, 0.2) is 0 Å². The second-order valence-electron chi connectivity index (χ2n) is 7.74. The summed E-state index contributed by atoms with van der Waals surface area (Å²) >= 11 is 0. The molecule has 0 radical (unpaired) electrons. The summed E-state index contributed by atoms with van der Waals surface area (Å²) in [6, 6.07) is 14.4. The molecule has 3 rings (SSSR count). The summed E-state index contributed by atoms with van der Waals surface area (Å²) in [5.41, 5.74) is 4.52. The molecule has 150 valence electrons. The SMILES string of the molecule is COc1ccc(CN2CCN(C(=O)Nc3c(C)cccc3C(C)C)CC2)cc1. The van der Waals surface area contributed by atoms with E-state index in [-0.39, 0.29) is 6.03 Å². The minimum atomic E-state index is 0.000275. The van der Waals surface area contributed by atoms with Crippen LogP contribution in [0.3, 0.4) is 0 Å². The van der Waals surface area contributed by atoms with Crippen molar-refractivity contribution in [2.75, 3.05) is 38.6 Å². The van der Waals surface area contributed by atoms with Crippen LogP contribution in [0, 0.1) is 6.92 Å². The van der Waals surface area contributed by atoms with Crippen LogP contribution in [0.2, 0.25) is 0 Å². The van der Waals surface area contributed by atoms with E-state index in [4.69, 9.17) is 4.74 Å². The molecule has 0 aromatic heterocycles. The molecule has 2 amide bonds. The smallest absolute Gasteiger partial charge is 0.321 e. The van der Waals surface area contributed by atoms with Crippen LogP contribution in [-0.4, -0.2) is 49.1 Å². The molecule has 0 unspecified atom stereocenters. The van der Waals surface area contributed by atoms with Crippen molar-refractivity contribution < 1.29 is 9.53 Å². The number of amides is 2. The number of ether oxygens (including phenoxy) is 1. The Balaban J connectivity index is 1.55. The van der Waals surface area contributed by atoms with Gasteiger partial charge in [-0.1, -0.05) is 44.2 Å². The molecule has 0 aliphatic carbocycles. The first-order valence-corrected chi connectivity index (χ1v) is 9.98. The molecule has 0 bridgehead atoms. The summed E-state index contributed by atoms with van der Waals surface area (Å²) in [6.45, 7) is 10.5. The predicted molar refractivity (Wildman–Crippen MR) is 114 cm³/mol. The Bertz CT molecular complexity index is 794. The lowest BCUT2D eigenvalue weighted by Gasteiger charge is -2.35. The van der Waals surface area contributed by atoms with Gasteiger partial charge >= 0.3 is 6.03 Å². The standard InChI is InChI=1S/C23H31N3O2/c1-17(2)21-7-5-6-18(3)22(21)24-23(27)26-14-12-25(13-15-26)16-19-8-10-20(28-4)11-9-19/h5-11,17H,12-16H2,1-4H3,(H,24,27). The molecule has 1 fully saturated rings. The van der Waals surface area contributed by atoms with Gasteiger partial charge in [0.2, 0.25) is 0 Å². The van der Waals surface area contributed by atoms with E-state index in [2.05, 4.69) is 48.3 Å². The van der Waals surface area contributed by atoms with E-state index >= 15 is 0 Å². The van der Waals surface area contributed by atoms with Crippen LogP contribution < -0.4 is 10.1 Å². The van der Waals surface area contributed by atoms with Crippen molar-refractivity contribution in [2.45, 2.75) is 33.2 Å².